The number of aromatic nitrogens is 1. The van der Waals surface area contributed by atoms with Crippen LogP contribution in [-0.4, -0.2) is 274 Å². The second-order valence-corrected chi connectivity index (χ2v) is 23.9. The van der Waals surface area contributed by atoms with Crippen molar-refractivity contribution in [2.24, 2.45) is 46.2 Å². The Hall–Kier alpha value is -6.23. The first kappa shape index (κ1) is 74.8. The summed E-state index contributed by atoms with van der Waals surface area (Å²) in [6, 6.07) is 8.01. The number of Topliss-reactive ketones (excluding diaryl/α,β-unsaturated/α-hetero) is 2. The van der Waals surface area contributed by atoms with Crippen LogP contribution in [0.1, 0.15) is 56.6 Å². The molecule has 2 amide bonds. The number of methoxy groups -OCH3 is 1. The van der Waals surface area contributed by atoms with Gasteiger partial charge < -0.3 is 141 Å². The molecule has 1 unspecified atom stereocenters. The number of carbonyl (C=O) groups is 4. The van der Waals surface area contributed by atoms with E-state index in [9.17, 15) is 85.6 Å². The SMILES string of the molecule is COc1cc(NC(C)CCCN)c2ncccc2c1.C[C@H]1c2cccc(O)c2C(O)=C2C(=O)[C@]3(O)C(O)=C(C(N)=O)C(=O)[C@@H](N(C)C)[C@@H]3[C@@H](O)[C@@H]21.NCC[C@H](O)C(=O)N[C@@H]1C[C@H](N)[C@@H](O[C@H]2O[C@H](CN)[C@@H](O)[C@H](O)[C@H]2O)[C@H](O)[C@H]1O[C@H]1O[C@H](CO)[C@@H](O)[C@H](N)[C@H]1O.O. The van der Waals surface area contributed by atoms with Crippen LogP contribution in [0.2, 0.25) is 0 Å². The lowest BCUT2D eigenvalue weighted by atomic mass is 9.54. The number of ketones is 2. The third kappa shape index (κ3) is 14.7. The number of fused-ring (bicyclic) bond motifs is 4. The van der Waals surface area contributed by atoms with Gasteiger partial charge in [-0.2, -0.15) is 0 Å². The van der Waals surface area contributed by atoms with Gasteiger partial charge in [-0.1, -0.05) is 25.1 Å². The number of nitrogens with zero attached hydrogens (tertiary/aromatic N) is 2. The average Bonchev–Trinajstić information content (AvgIpc) is 0.689. The molecule has 2 aromatic carbocycles. The van der Waals surface area contributed by atoms with E-state index >= 15 is 0 Å². The zero-order chi connectivity index (χ0) is 67.4. The van der Waals surface area contributed by atoms with Crippen LogP contribution in [0, 0.1) is 11.8 Å². The Bertz CT molecular complexity index is 3130. The maximum Gasteiger partial charge on any atom is 0.255 e. The Morgan fingerprint density at radius 2 is 1.50 bits per heavy atom. The van der Waals surface area contributed by atoms with Gasteiger partial charge in [0.25, 0.3) is 5.91 Å². The minimum atomic E-state index is -2.89. The van der Waals surface area contributed by atoms with Crippen molar-refractivity contribution in [2.45, 2.75) is 167 Å². The van der Waals surface area contributed by atoms with Gasteiger partial charge in [0.2, 0.25) is 11.7 Å². The van der Waals surface area contributed by atoms with Crippen molar-refractivity contribution < 1.29 is 115 Å². The maximum absolute atomic E-state index is 13.7. The van der Waals surface area contributed by atoms with E-state index in [1.807, 2.05) is 30.5 Å². The summed E-state index contributed by atoms with van der Waals surface area (Å²) in [6.45, 7) is 3.66. The highest BCUT2D eigenvalue weighted by atomic mass is 16.7. The van der Waals surface area contributed by atoms with Crippen molar-refractivity contribution in [1.29, 1.82) is 0 Å². The molecule has 514 valence electrons. The van der Waals surface area contributed by atoms with Gasteiger partial charge in [0, 0.05) is 47.8 Å². The van der Waals surface area contributed by atoms with Crippen molar-refractivity contribution in [3.8, 4) is 11.5 Å². The third-order valence-electron chi connectivity index (χ3n) is 17.7. The number of likely N-dealkylation sites (N-methyl/N-ethyl adjacent to an activating group) is 1. The molecule has 6 aliphatic rings. The van der Waals surface area contributed by atoms with Gasteiger partial charge in [0.05, 0.1) is 60.6 Å². The number of aliphatic hydroxyl groups excluding tert-OH is 11. The minimum absolute atomic E-state index is 0. The number of nitrogens with two attached hydrogens (primary N) is 6. The topological polar surface area (TPSA) is 605 Å². The number of carbonyl (C=O) groups excluding carboxylic acids is 4. The van der Waals surface area contributed by atoms with E-state index in [0.29, 0.717) is 11.6 Å². The monoisotopic (exact) mass is 1310 g/mol. The Balaban J connectivity index is 0.000000231. The number of hydrogen-bond acceptors (Lipinski definition) is 30. The van der Waals surface area contributed by atoms with E-state index in [-0.39, 0.29) is 42.7 Å². The van der Waals surface area contributed by atoms with E-state index in [0.717, 1.165) is 41.7 Å². The summed E-state index contributed by atoms with van der Waals surface area (Å²) in [6.07, 6.45) is -17.5. The summed E-state index contributed by atoms with van der Waals surface area (Å²) in [7, 11) is 4.60. The van der Waals surface area contributed by atoms with Crippen LogP contribution in [0.5, 0.6) is 11.5 Å². The summed E-state index contributed by atoms with van der Waals surface area (Å²) in [4.78, 5) is 57.0. The number of phenols is 1. The lowest BCUT2D eigenvalue weighted by Gasteiger charge is -2.53. The van der Waals surface area contributed by atoms with Gasteiger partial charge in [-0.3, -0.25) is 29.1 Å². The first-order chi connectivity index (χ1) is 43.0. The summed E-state index contributed by atoms with van der Waals surface area (Å²) in [5.74, 6) is -8.87. The molecule has 0 radical (unpaired) electrons. The lowest BCUT2D eigenvalue weighted by molar-refractivity contribution is -0.332. The predicted molar refractivity (Wildman–Crippen MR) is 325 cm³/mol. The number of rotatable bonds is 18. The fourth-order valence-corrected chi connectivity index (χ4v) is 12.8. The number of nitrogens with one attached hydrogen (secondary N) is 2. The molecule has 3 aromatic rings. The van der Waals surface area contributed by atoms with E-state index in [4.69, 9.17) is 58.1 Å². The molecule has 0 bridgehead atoms. The van der Waals surface area contributed by atoms with Gasteiger partial charge >= 0.3 is 0 Å². The van der Waals surface area contributed by atoms with E-state index in [2.05, 4.69) is 22.5 Å². The van der Waals surface area contributed by atoms with Crippen LogP contribution in [0.25, 0.3) is 16.7 Å². The molecular formula is C59H90N10O23. The molecule has 1 aromatic heterocycles. The molecule has 4 fully saturated rings. The summed E-state index contributed by atoms with van der Waals surface area (Å²) < 4.78 is 27.8. The Labute approximate surface area is 528 Å². The van der Waals surface area contributed by atoms with Crippen LogP contribution in [0.15, 0.2) is 65.6 Å². The molecule has 0 spiro atoms. The largest absolute Gasteiger partial charge is 0.508 e. The van der Waals surface area contributed by atoms with Crippen molar-refractivity contribution in [2.75, 3.05) is 52.8 Å². The fraction of sp³-hybridized carbons (Fsp3) is 0.610. The van der Waals surface area contributed by atoms with E-state index in [1.54, 1.807) is 26.2 Å². The highest BCUT2D eigenvalue weighted by Gasteiger charge is 2.68. The Kier molecular flexibility index (Phi) is 25.5. The number of ether oxygens (including phenoxy) is 5. The third-order valence-corrected chi connectivity index (χ3v) is 17.7. The first-order valence-electron chi connectivity index (χ1n) is 29.7. The van der Waals surface area contributed by atoms with Gasteiger partial charge in [0.15, 0.2) is 24.0 Å². The molecule has 33 nitrogen and oxygen atoms in total. The van der Waals surface area contributed by atoms with E-state index in [1.165, 1.54) is 25.1 Å². The average molecular weight is 1310 g/mol. The number of aliphatic hydroxyl groups is 12. The molecular weight excluding hydrogens is 1220 g/mol. The Morgan fingerprint density at radius 1 is 0.848 bits per heavy atom. The number of aromatic hydroxyl groups is 1. The van der Waals surface area contributed by atoms with Crippen molar-refractivity contribution in [3.63, 3.8) is 0 Å². The smallest absolute Gasteiger partial charge is 0.255 e. The highest BCUT2D eigenvalue weighted by molar-refractivity contribution is 6.24. The van der Waals surface area contributed by atoms with Crippen LogP contribution in [-0.2, 0) is 38.1 Å². The summed E-state index contributed by atoms with van der Waals surface area (Å²) in [5.41, 5.74) is 32.1. The molecule has 2 saturated carbocycles. The van der Waals surface area contributed by atoms with E-state index < -0.39 is 186 Å². The standard InChI is InChI=1S/C22H43N5O13.C22H24N2O8.C15H21N3O.H2O/c23-2-1-8(29)20(36)27-7-3-6(25)18(39-22-16(34)15(33)13(31)9(4-24)37-22)17(35)19(7)40-21-14(32)11(26)12(30)10(5-28)38-21;1-7-8-5-4-6-9(25)11(8)16(26)12-10(7)17(27)14-15(24(2)3)18(28)13(21(23)31)20(30)22(14,32)19(12)29;1-11(5-3-7-16)18-14-10-13(19-2)9-12-6-4-8-17-15(12)14;/h6-19,21-22,28-35H,1-5,23-26H2,(H,27,36);4-7,10,14-15,17,25-27,30,32H,1-3H3,(H2,23,31);4,6,8-11,18H,3,5,7,16H2,1-2H3;1H2/t6-,7+,8-,9+,10+,11-,12+,13+,14+,15-,16+,17-,18+,19-,21+,22+;7-,10+,14+,15-,17-,22-;;/m00../s1. The van der Waals surface area contributed by atoms with Crippen molar-refractivity contribution in [1.82, 2.24) is 15.2 Å². The number of primary amides is 1. The van der Waals surface area contributed by atoms with Crippen LogP contribution < -0.4 is 49.8 Å². The normalized spacial score (nSPS) is 35.0. The maximum atomic E-state index is 13.7. The quantitative estimate of drug-likeness (QED) is 0.0526. The van der Waals surface area contributed by atoms with Gasteiger partial charge in [-0.15, -0.1) is 0 Å². The van der Waals surface area contributed by atoms with Crippen LogP contribution in [0.4, 0.5) is 5.69 Å². The lowest BCUT2D eigenvalue weighted by Crippen LogP contribution is -2.70. The number of anilines is 1. The zero-order valence-corrected chi connectivity index (χ0v) is 51.3. The molecule has 9 rings (SSSR count). The molecule has 92 heavy (non-hydrogen) atoms. The molecule has 4 aliphatic carbocycles. The highest BCUT2D eigenvalue weighted by Crippen LogP contribution is 2.56. The molecule has 2 saturated heterocycles. The van der Waals surface area contributed by atoms with Crippen LogP contribution in [0.3, 0.4) is 0 Å². The summed E-state index contributed by atoms with van der Waals surface area (Å²) >= 11 is 0. The van der Waals surface area contributed by atoms with Gasteiger partial charge in [-0.05, 0) is 89.5 Å². The number of hydrogen-bond donors (Lipinski definition) is 21. The molecule has 33 heteroatoms. The Morgan fingerprint density at radius 3 is 2.11 bits per heavy atom. The minimum Gasteiger partial charge on any atom is -0.508 e. The van der Waals surface area contributed by atoms with Crippen molar-refractivity contribution >= 4 is 45.7 Å². The predicted octanol–water partition coefficient (Wildman–Crippen LogP) is -6.97. The second kappa shape index (κ2) is 31.3. The van der Waals surface area contributed by atoms with Gasteiger partial charge in [0.1, 0.15) is 95.7 Å². The van der Waals surface area contributed by atoms with Crippen LogP contribution >= 0.6 is 0 Å². The number of amides is 2. The summed E-state index contributed by atoms with van der Waals surface area (Å²) in [5, 5.41) is 144. The molecule has 29 N–H and O–H groups in total. The van der Waals surface area contributed by atoms with Crippen molar-refractivity contribution in [3.05, 3.63) is 76.7 Å². The zero-order valence-electron chi connectivity index (χ0n) is 51.3. The van der Waals surface area contributed by atoms with Gasteiger partial charge in [-0.25, -0.2) is 0 Å². The molecule has 2 aliphatic heterocycles. The fourth-order valence-electron chi connectivity index (χ4n) is 12.8. The first-order valence-corrected chi connectivity index (χ1v) is 29.7. The second-order valence-electron chi connectivity index (χ2n) is 23.9. The number of pyridine rings is 1. The molecule has 3 heterocycles. The number of phenolic OH excluding ortho intramolecular Hbond substituents is 1. The number of benzene rings is 2. The molecule has 23 atom stereocenters.